The first-order chi connectivity index (χ1) is 14.9. The molecule has 8 heteroatoms. The molecule has 0 radical (unpaired) electrons. The van der Waals surface area contributed by atoms with Gasteiger partial charge in [0.15, 0.2) is 0 Å². The van der Waals surface area contributed by atoms with Gasteiger partial charge in [-0.3, -0.25) is 4.79 Å². The number of aromatic nitrogens is 2. The summed E-state index contributed by atoms with van der Waals surface area (Å²) >= 11 is 0. The second-order valence-electron chi connectivity index (χ2n) is 8.81. The summed E-state index contributed by atoms with van der Waals surface area (Å²) in [6.07, 6.45) is 3.71. The predicted molar refractivity (Wildman–Crippen MR) is 119 cm³/mol. The van der Waals surface area contributed by atoms with Crippen LogP contribution in [0.2, 0.25) is 0 Å². The summed E-state index contributed by atoms with van der Waals surface area (Å²) in [7, 11) is -3.74. The first-order valence-electron chi connectivity index (χ1n) is 10.9. The molecule has 0 spiro atoms. The molecule has 3 aliphatic rings. The molecule has 0 N–H and O–H groups in total. The van der Waals surface area contributed by atoms with E-state index in [1.54, 1.807) is 18.2 Å². The third kappa shape index (κ3) is 2.67. The van der Waals surface area contributed by atoms with E-state index in [0.717, 1.165) is 41.5 Å². The number of amides is 1. The van der Waals surface area contributed by atoms with Crippen molar-refractivity contribution in [3.05, 3.63) is 48.0 Å². The Labute approximate surface area is 181 Å². The Balaban J connectivity index is 1.36. The second-order valence-corrected chi connectivity index (χ2v) is 10.7. The average molecular weight is 437 g/mol. The number of carbonyl (C=O) groups is 1. The Hall–Kier alpha value is -2.87. The lowest BCUT2D eigenvalue weighted by Crippen LogP contribution is -2.42. The molecule has 1 aromatic heterocycles. The molecule has 0 bridgehead atoms. The average Bonchev–Trinajstić information content (AvgIpc) is 3.36. The number of sulfonamides is 1. The van der Waals surface area contributed by atoms with Crippen LogP contribution in [0.1, 0.15) is 31.7 Å². The van der Waals surface area contributed by atoms with Gasteiger partial charge >= 0.3 is 0 Å². The van der Waals surface area contributed by atoms with E-state index in [1.165, 1.54) is 4.31 Å². The van der Waals surface area contributed by atoms with Gasteiger partial charge in [0.25, 0.3) is 10.0 Å². The second kappa shape index (κ2) is 6.56. The molecule has 31 heavy (non-hydrogen) atoms. The molecule has 0 unspecified atom stereocenters. The number of hydrogen-bond donors (Lipinski definition) is 0. The number of anilines is 2. The Morgan fingerprint density at radius 2 is 1.90 bits per heavy atom. The van der Waals surface area contributed by atoms with Gasteiger partial charge in [0, 0.05) is 24.2 Å². The maximum absolute atomic E-state index is 13.5. The lowest BCUT2D eigenvalue weighted by Gasteiger charge is -2.32. The van der Waals surface area contributed by atoms with Crippen molar-refractivity contribution in [3.8, 4) is 0 Å². The number of nitrogens with zero attached hydrogens (tertiary/aromatic N) is 4. The van der Waals surface area contributed by atoms with Gasteiger partial charge in [-0.05, 0) is 62.1 Å². The largest absolute Gasteiger partial charge is 0.309 e. The molecule has 6 rings (SSSR count). The normalized spacial score (nSPS) is 20.7. The van der Waals surface area contributed by atoms with Gasteiger partial charge < -0.3 is 9.47 Å². The number of fused-ring (bicyclic) bond motifs is 4. The van der Waals surface area contributed by atoms with Gasteiger partial charge in [-0.25, -0.2) is 17.7 Å². The fourth-order valence-corrected chi connectivity index (χ4v) is 6.54. The molecule has 1 fully saturated rings. The maximum atomic E-state index is 13.5. The molecule has 0 saturated heterocycles. The van der Waals surface area contributed by atoms with Crippen LogP contribution in [0.5, 0.6) is 0 Å². The van der Waals surface area contributed by atoms with Crippen molar-refractivity contribution in [3.63, 3.8) is 0 Å². The van der Waals surface area contributed by atoms with Crippen LogP contribution >= 0.6 is 0 Å². The summed E-state index contributed by atoms with van der Waals surface area (Å²) in [5.41, 5.74) is 3.53. The predicted octanol–water partition coefficient (Wildman–Crippen LogP) is 3.32. The summed E-state index contributed by atoms with van der Waals surface area (Å²) in [5, 5.41) is 0. The maximum Gasteiger partial charge on any atom is 0.266 e. The van der Waals surface area contributed by atoms with Gasteiger partial charge in [0.2, 0.25) is 11.9 Å². The van der Waals surface area contributed by atoms with Crippen molar-refractivity contribution in [2.75, 3.05) is 15.7 Å². The van der Waals surface area contributed by atoms with E-state index in [9.17, 15) is 13.2 Å². The molecule has 7 nitrogen and oxygen atoms in total. The van der Waals surface area contributed by atoms with Crippen LogP contribution in [0.15, 0.2) is 47.4 Å². The fourth-order valence-electron chi connectivity index (χ4n) is 5.08. The lowest BCUT2D eigenvalue weighted by atomic mass is 9.84. The zero-order valence-corrected chi connectivity index (χ0v) is 18.2. The van der Waals surface area contributed by atoms with Crippen molar-refractivity contribution in [1.82, 2.24) is 9.55 Å². The molecule has 3 aromatic rings. The summed E-state index contributed by atoms with van der Waals surface area (Å²) in [6, 6.07) is 13.0. The monoisotopic (exact) mass is 436 g/mol. The van der Waals surface area contributed by atoms with Gasteiger partial charge in [-0.15, -0.1) is 0 Å². The first kappa shape index (κ1) is 18.9. The molecular formula is C23H24N4O3S. The van der Waals surface area contributed by atoms with Crippen LogP contribution in [0.3, 0.4) is 0 Å². The SMILES string of the molecule is C[C@H]1Cc2cc(S(=O)(=O)N3CCn4c3nc3ccccc34)ccc2N1C(=O)C1CCC1. The molecule has 2 aromatic carbocycles. The number of imidazole rings is 1. The zero-order valence-electron chi connectivity index (χ0n) is 17.4. The van der Waals surface area contributed by atoms with Gasteiger partial charge in [0.05, 0.1) is 22.5 Å². The Morgan fingerprint density at radius 1 is 1.10 bits per heavy atom. The number of para-hydroxylation sites is 2. The zero-order chi connectivity index (χ0) is 21.3. The minimum Gasteiger partial charge on any atom is -0.309 e. The van der Waals surface area contributed by atoms with Crippen LogP contribution in [0, 0.1) is 5.92 Å². The van der Waals surface area contributed by atoms with Crippen molar-refractivity contribution in [1.29, 1.82) is 0 Å². The van der Waals surface area contributed by atoms with Crippen LogP contribution in [0.25, 0.3) is 11.0 Å². The smallest absolute Gasteiger partial charge is 0.266 e. The van der Waals surface area contributed by atoms with Crippen molar-refractivity contribution in [2.24, 2.45) is 5.92 Å². The highest BCUT2D eigenvalue weighted by molar-refractivity contribution is 7.92. The Kier molecular flexibility index (Phi) is 3.99. The summed E-state index contributed by atoms with van der Waals surface area (Å²) in [5.74, 6) is 0.771. The van der Waals surface area contributed by atoms with E-state index in [0.29, 0.717) is 25.5 Å². The Bertz CT molecular complexity index is 1330. The first-order valence-corrected chi connectivity index (χ1v) is 12.3. The van der Waals surface area contributed by atoms with E-state index in [1.807, 2.05) is 40.7 Å². The summed E-state index contributed by atoms with van der Waals surface area (Å²) < 4.78 is 30.4. The van der Waals surface area contributed by atoms with Crippen LogP contribution in [0.4, 0.5) is 11.6 Å². The highest BCUT2D eigenvalue weighted by atomic mass is 32.2. The van der Waals surface area contributed by atoms with E-state index in [-0.39, 0.29) is 22.8 Å². The molecule has 3 heterocycles. The van der Waals surface area contributed by atoms with Crippen molar-refractivity contribution in [2.45, 2.75) is 50.1 Å². The third-order valence-electron chi connectivity index (χ3n) is 6.93. The third-order valence-corrected chi connectivity index (χ3v) is 8.71. The highest BCUT2D eigenvalue weighted by Gasteiger charge is 2.39. The molecule has 1 atom stereocenters. The number of benzene rings is 2. The van der Waals surface area contributed by atoms with Crippen molar-refractivity contribution >= 4 is 38.6 Å². The van der Waals surface area contributed by atoms with Crippen molar-refractivity contribution < 1.29 is 13.2 Å². The minimum atomic E-state index is -3.74. The molecule has 1 aliphatic carbocycles. The molecule has 160 valence electrons. The van der Waals surface area contributed by atoms with E-state index in [4.69, 9.17) is 0 Å². The number of rotatable bonds is 3. The van der Waals surface area contributed by atoms with Crippen LogP contribution < -0.4 is 9.21 Å². The summed E-state index contributed by atoms with van der Waals surface area (Å²) in [6.45, 7) is 2.99. The standard InChI is InChI=1S/C23H24N4O3S/c1-15-13-17-14-18(9-10-20(17)27(15)22(28)16-5-4-6-16)31(29,30)26-12-11-25-21-8-3-2-7-19(21)24-23(25)26/h2-3,7-10,14-16H,4-6,11-13H2,1H3/t15-/m0/s1. The van der Waals surface area contributed by atoms with E-state index >= 15 is 0 Å². The Morgan fingerprint density at radius 3 is 2.68 bits per heavy atom. The number of hydrogen-bond acceptors (Lipinski definition) is 4. The highest BCUT2D eigenvalue weighted by Crippen LogP contribution is 2.39. The molecule has 2 aliphatic heterocycles. The van der Waals surface area contributed by atoms with Crippen LogP contribution in [-0.2, 0) is 27.8 Å². The molecular weight excluding hydrogens is 412 g/mol. The fraction of sp³-hybridized carbons (Fsp3) is 0.391. The summed E-state index contributed by atoms with van der Waals surface area (Å²) in [4.78, 5) is 19.6. The lowest BCUT2D eigenvalue weighted by molar-refractivity contribution is -0.125. The quantitative estimate of drug-likeness (QED) is 0.631. The topological polar surface area (TPSA) is 75.5 Å². The van der Waals surface area contributed by atoms with Gasteiger partial charge in [0.1, 0.15) is 0 Å². The molecule has 1 saturated carbocycles. The van der Waals surface area contributed by atoms with Gasteiger partial charge in [-0.1, -0.05) is 18.6 Å². The minimum absolute atomic E-state index is 0.0528. The van der Waals surface area contributed by atoms with E-state index in [2.05, 4.69) is 4.98 Å². The van der Waals surface area contributed by atoms with E-state index < -0.39 is 10.0 Å². The van der Waals surface area contributed by atoms with Gasteiger partial charge in [-0.2, -0.15) is 0 Å². The van der Waals surface area contributed by atoms with Crippen LogP contribution in [-0.4, -0.2) is 36.5 Å². The number of carbonyl (C=O) groups excluding carboxylic acids is 1. The molecule has 1 amide bonds.